The SMILES string of the molecule is Cc1oc(-c2ccccc2)nc1CCOc1[c]c(CBr)ccc1. The van der Waals surface area contributed by atoms with Gasteiger partial charge in [-0.25, -0.2) is 4.98 Å². The van der Waals surface area contributed by atoms with Gasteiger partial charge in [0.25, 0.3) is 0 Å². The quantitative estimate of drug-likeness (QED) is 0.574. The van der Waals surface area contributed by atoms with E-state index in [0.29, 0.717) is 18.9 Å². The molecule has 3 rings (SSSR count). The predicted octanol–water partition coefficient (Wildman–Crippen LogP) is 4.97. The Kier molecular flexibility index (Phi) is 5.13. The third kappa shape index (κ3) is 4.02. The molecule has 0 aliphatic rings. The van der Waals surface area contributed by atoms with Crippen molar-refractivity contribution in [3.63, 3.8) is 0 Å². The molecule has 117 valence electrons. The van der Waals surface area contributed by atoms with Crippen molar-refractivity contribution in [1.29, 1.82) is 0 Å². The van der Waals surface area contributed by atoms with Gasteiger partial charge in [0.1, 0.15) is 11.5 Å². The van der Waals surface area contributed by atoms with E-state index < -0.39 is 0 Å². The molecule has 3 aromatic rings. The molecule has 1 aromatic heterocycles. The molecule has 0 atom stereocenters. The molecular weight excluding hydrogens is 354 g/mol. The normalized spacial score (nSPS) is 10.7. The Morgan fingerprint density at radius 2 is 1.96 bits per heavy atom. The lowest BCUT2D eigenvalue weighted by atomic mass is 10.2. The van der Waals surface area contributed by atoms with Gasteiger partial charge in [0.2, 0.25) is 5.89 Å². The summed E-state index contributed by atoms with van der Waals surface area (Å²) in [6.07, 6.45) is 0.703. The van der Waals surface area contributed by atoms with Crippen LogP contribution in [-0.2, 0) is 11.8 Å². The Hall–Kier alpha value is -2.07. The first-order valence-corrected chi connectivity index (χ1v) is 8.60. The van der Waals surface area contributed by atoms with E-state index in [1.54, 1.807) is 0 Å². The van der Waals surface area contributed by atoms with Crippen LogP contribution in [0.1, 0.15) is 17.0 Å². The van der Waals surface area contributed by atoms with Crippen molar-refractivity contribution in [1.82, 2.24) is 4.98 Å². The predicted molar refractivity (Wildman–Crippen MR) is 93.8 cm³/mol. The third-order valence-electron chi connectivity index (χ3n) is 3.48. The third-order valence-corrected chi connectivity index (χ3v) is 4.09. The summed E-state index contributed by atoms with van der Waals surface area (Å²) in [4.78, 5) is 4.58. The number of hydrogen-bond acceptors (Lipinski definition) is 3. The monoisotopic (exact) mass is 370 g/mol. The van der Waals surface area contributed by atoms with Gasteiger partial charge in [-0.3, -0.25) is 0 Å². The number of aryl methyl sites for hydroxylation is 1. The van der Waals surface area contributed by atoms with Crippen molar-refractivity contribution in [2.24, 2.45) is 0 Å². The van der Waals surface area contributed by atoms with Crippen LogP contribution in [0.2, 0.25) is 0 Å². The first kappa shape index (κ1) is 15.8. The Balaban J connectivity index is 1.63. The van der Waals surface area contributed by atoms with Crippen LogP contribution in [0.3, 0.4) is 0 Å². The molecule has 0 N–H and O–H groups in total. The van der Waals surface area contributed by atoms with Crippen LogP contribution in [0.5, 0.6) is 5.75 Å². The van der Waals surface area contributed by atoms with Gasteiger partial charge in [-0.2, -0.15) is 0 Å². The number of aromatic nitrogens is 1. The second-order valence-electron chi connectivity index (χ2n) is 5.16. The van der Waals surface area contributed by atoms with E-state index in [0.717, 1.165) is 33.7 Å². The van der Waals surface area contributed by atoms with Gasteiger partial charge in [0, 0.05) is 23.4 Å². The number of alkyl halides is 1. The van der Waals surface area contributed by atoms with Crippen LogP contribution in [0.25, 0.3) is 11.5 Å². The average Bonchev–Trinajstić information content (AvgIpc) is 2.97. The standard InChI is InChI=1S/C19H17BrNO2/c1-14-18(21-19(23-14)16-7-3-2-4-8-16)10-11-22-17-9-5-6-15(12-17)13-20/h2-9H,10-11,13H2,1H3. The highest BCUT2D eigenvalue weighted by molar-refractivity contribution is 9.08. The topological polar surface area (TPSA) is 35.3 Å². The Labute approximate surface area is 144 Å². The van der Waals surface area contributed by atoms with Crippen molar-refractivity contribution < 1.29 is 9.15 Å². The van der Waals surface area contributed by atoms with Crippen LogP contribution >= 0.6 is 15.9 Å². The molecule has 0 fully saturated rings. The molecule has 1 heterocycles. The minimum absolute atomic E-state index is 0.545. The van der Waals surface area contributed by atoms with Gasteiger partial charge in [-0.15, -0.1) is 0 Å². The average molecular weight is 371 g/mol. The number of nitrogens with zero attached hydrogens (tertiary/aromatic N) is 1. The number of rotatable bonds is 6. The summed E-state index contributed by atoms with van der Waals surface area (Å²) in [6.45, 7) is 2.48. The molecule has 4 heteroatoms. The highest BCUT2D eigenvalue weighted by Crippen LogP contribution is 2.22. The minimum Gasteiger partial charge on any atom is -0.493 e. The van der Waals surface area contributed by atoms with E-state index in [2.05, 4.69) is 27.0 Å². The zero-order valence-electron chi connectivity index (χ0n) is 12.9. The summed E-state index contributed by atoms with van der Waals surface area (Å²) < 4.78 is 11.5. The largest absolute Gasteiger partial charge is 0.493 e. The molecule has 3 nitrogen and oxygen atoms in total. The zero-order valence-corrected chi connectivity index (χ0v) is 14.5. The van der Waals surface area contributed by atoms with Gasteiger partial charge < -0.3 is 9.15 Å². The second kappa shape index (κ2) is 7.47. The number of ether oxygens (including phenoxy) is 1. The first-order chi connectivity index (χ1) is 11.3. The lowest BCUT2D eigenvalue weighted by Gasteiger charge is -2.05. The second-order valence-corrected chi connectivity index (χ2v) is 5.72. The molecular formula is C19H17BrNO2. The lowest BCUT2D eigenvalue weighted by Crippen LogP contribution is -2.03. The fraction of sp³-hybridized carbons (Fsp3) is 0.211. The molecule has 0 aliphatic heterocycles. The van der Waals surface area contributed by atoms with Crippen molar-refractivity contribution in [2.75, 3.05) is 6.61 Å². The van der Waals surface area contributed by atoms with E-state index in [4.69, 9.17) is 9.15 Å². The zero-order chi connectivity index (χ0) is 16.1. The molecule has 2 aromatic carbocycles. The summed E-state index contributed by atoms with van der Waals surface area (Å²) >= 11 is 3.42. The van der Waals surface area contributed by atoms with Crippen molar-refractivity contribution in [3.05, 3.63) is 71.6 Å². The lowest BCUT2D eigenvalue weighted by molar-refractivity contribution is 0.319. The summed E-state index contributed by atoms with van der Waals surface area (Å²) in [6, 6.07) is 19.0. The molecule has 0 aliphatic carbocycles. The number of halogens is 1. The number of benzene rings is 2. The van der Waals surface area contributed by atoms with Crippen LogP contribution in [0.4, 0.5) is 0 Å². The van der Waals surface area contributed by atoms with Gasteiger partial charge in [-0.1, -0.05) is 46.3 Å². The Morgan fingerprint density at radius 1 is 1.13 bits per heavy atom. The van der Waals surface area contributed by atoms with Crippen molar-refractivity contribution >= 4 is 15.9 Å². The molecule has 23 heavy (non-hydrogen) atoms. The molecule has 0 unspecified atom stereocenters. The van der Waals surface area contributed by atoms with Crippen molar-refractivity contribution in [2.45, 2.75) is 18.7 Å². The van der Waals surface area contributed by atoms with E-state index in [1.165, 1.54) is 0 Å². The summed E-state index contributed by atoms with van der Waals surface area (Å²) in [5.74, 6) is 2.25. The molecule has 1 radical (unpaired) electrons. The summed E-state index contributed by atoms with van der Waals surface area (Å²) in [5, 5.41) is 0.771. The van der Waals surface area contributed by atoms with Gasteiger partial charge in [0.05, 0.1) is 12.3 Å². The van der Waals surface area contributed by atoms with Crippen molar-refractivity contribution in [3.8, 4) is 17.2 Å². The van der Waals surface area contributed by atoms with Crippen LogP contribution in [-0.4, -0.2) is 11.6 Å². The highest BCUT2D eigenvalue weighted by atomic mass is 79.9. The van der Waals surface area contributed by atoms with E-state index >= 15 is 0 Å². The highest BCUT2D eigenvalue weighted by Gasteiger charge is 2.11. The molecule has 0 spiro atoms. The van der Waals surface area contributed by atoms with E-state index in [-0.39, 0.29) is 0 Å². The van der Waals surface area contributed by atoms with Gasteiger partial charge in [-0.05, 0) is 30.7 Å². The number of oxazole rings is 1. The summed E-state index contributed by atoms with van der Waals surface area (Å²) in [5.41, 5.74) is 2.99. The molecule has 0 saturated heterocycles. The van der Waals surface area contributed by atoms with E-state index in [1.807, 2.05) is 55.5 Å². The Bertz CT molecular complexity index is 768. The fourth-order valence-corrected chi connectivity index (χ4v) is 2.60. The smallest absolute Gasteiger partial charge is 0.226 e. The Morgan fingerprint density at radius 3 is 2.74 bits per heavy atom. The maximum absolute atomic E-state index is 5.76. The number of hydrogen-bond donors (Lipinski definition) is 0. The van der Waals surface area contributed by atoms with Crippen LogP contribution < -0.4 is 4.74 Å². The maximum Gasteiger partial charge on any atom is 0.226 e. The summed E-state index contributed by atoms with van der Waals surface area (Å²) in [7, 11) is 0. The molecule has 0 saturated carbocycles. The van der Waals surface area contributed by atoms with E-state index in [9.17, 15) is 0 Å². The first-order valence-electron chi connectivity index (χ1n) is 7.48. The molecule has 0 amide bonds. The fourth-order valence-electron chi connectivity index (χ4n) is 2.28. The maximum atomic E-state index is 5.76. The van der Waals surface area contributed by atoms with Gasteiger partial charge >= 0.3 is 0 Å². The van der Waals surface area contributed by atoms with Crippen LogP contribution in [0, 0.1) is 13.0 Å². The van der Waals surface area contributed by atoms with Crippen LogP contribution in [0.15, 0.2) is 52.9 Å². The minimum atomic E-state index is 0.545. The molecule has 0 bridgehead atoms. The van der Waals surface area contributed by atoms with Gasteiger partial charge in [0.15, 0.2) is 0 Å².